The maximum absolute atomic E-state index is 14.2. The lowest BCUT2D eigenvalue weighted by Gasteiger charge is -2.67. The van der Waals surface area contributed by atoms with Gasteiger partial charge in [0.05, 0.1) is 17.4 Å². The molecule has 0 radical (unpaired) electrons. The van der Waals surface area contributed by atoms with Crippen LogP contribution in [0.25, 0.3) is 0 Å². The summed E-state index contributed by atoms with van der Waals surface area (Å²) in [6.07, 6.45) is -9.32. The second kappa shape index (κ2) is 14.2. The predicted octanol–water partition coefficient (Wildman–Crippen LogP) is 0.463. The SMILES string of the molecule is CC(=O)OC[C@]12[C@H](OC(C)=O)[C@H](OC(C)=O)[C@@H]3[C@@H](OC(C)=O)[C@@]14O[C@@]3(C)COC(=O)c1cnccc1C(C)C(C)C(=O)O[C@H]([C@H](OC(C)=O)[C@@H]2O)[C@]4(C)O. The van der Waals surface area contributed by atoms with Crippen molar-refractivity contribution in [2.75, 3.05) is 13.2 Å². The van der Waals surface area contributed by atoms with Crippen LogP contribution < -0.4 is 0 Å². The lowest BCUT2D eigenvalue weighted by atomic mass is 9.45. The molecule has 18 nitrogen and oxygen atoms in total. The standard InChI is InChI=1S/C36H45NO17/c1-15-16(2)31(44)53-29-26(50-19(5)40)27(43)35(14-47-17(3)38)30(52-21(7)42)25(49-18(4)39)24-28(51-20(6)41)36(35,34(29,9)46)54-33(24,8)13-48-32(45)23-12-37-11-10-22(15)23/h10-12,15-16,24-30,43,46H,13-14H2,1-9H3/t15?,16?,24-,25-,26-,27+,28-,29-,30-,33+,34+,35+,36+/m1/s1. The van der Waals surface area contributed by atoms with Crippen LogP contribution in [0.15, 0.2) is 18.5 Å². The molecule has 3 fully saturated rings. The third-order valence-electron chi connectivity index (χ3n) is 11.2. The Labute approximate surface area is 310 Å². The van der Waals surface area contributed by atoms with Gasteiger partial charge in [-0.25, -0.2) is 4.79 Å². The van der Waals surface area contributed by atoms with E-state index in [0.29, 0.717) is 5.56 Å². The minimum atomic E-state index is -2.77. The van der Waals surface area contributed by atoms with Crippen LogP contribution in [0, 0.1) is 17.3 Å². The first-order chi connectivity index (χ1) is 25.1. The van der Waals surface area contributed by atoms with Gasteiger partial charge < -0.3 is 48.1 Å². The van der Waals surface area contributed by atoms with E-state index in [-0.39, 0.29) is 5.56 Å². The number of carbonyl (C=O) groups excluding carboxylic acids is 7. The molecule has 5 rings (SSSR count). The zero-order valence-electron chi connectivity index (χ0n) is 31.3. The molecule has 4 bridgehead atoms. The second-order valence-electron chi connectivity index (χ2n) is 14.8. The first kappa shape index (κ1) is 40.5. The van der Waals surface area contributed by atoms with Crippen LogP contribution >= 0.6 is 0 Å². The van der Waals surface area contributed by atoms with Crippen LogP contribution in [-0.4, -0.2) is 124 Å². The summed E-state index contributed by atoms with van der Waals surface area (Å²) in [4.78, 5) is 96.4. The third-order valence-corrected chi connectivity index (χ3v) is 11.2. The molecule has 296 valence electrons. The van der Waals surface area contributed by atoms with E-state index in [9.17, 15) is 43.8 Å². The lowest BCUT2D eigenvalue weighted by molar-refractivity contribution is -0.386. The van der Waals surface area contributed by atoms with Crippen molar-refractivity contribution in [2.45, 2.75) is 122 Å². The van der Waals surface area contributed by atoms with Gasteiger partial charge in [0, 0.05) is 47.0 Å². The summed E-state index contributed by atoms with van der Waals surface area (Å²) in [6.45, 7) is 8.86. The second-order valence-corrected chi connectivity index (χ2v) is 14.8. The number of aromatic nitrogens is 1. The normalized spacial score (nSPS) is 39.8. The molecule has 3 heterocycles. The van der Waals surface area contributed by atoms with Gasteiger partial charge in [-0.1, -0.05) is 13.8 Å². The Morgan fingerprint density at radius 1 is 0.852 bits per heavy atom. The number of carbonyl (C=O) groups is 7. The molecule has 2 aliphatic carbocycles. The number of hydrogen-bond donors (Lipinski definition) is 2. The highest BCUT2D eigenvalue weighted by molar-refractivity contribution is 5.91. The maximum Gasteiger partial charge on any atom is 0.340 e. The van der Waals surface area contributed by atoms with E-state index >= 15 is 0 Å². The summed E-state index contributed by atoms with van der Waals surface area (Å²) < 4.78 is 47.5. The summed E-state index contributed by atoms with van der Waals surface area (Å²) in [5.74, 6) is -10.2. The monoisotopic (exact) mass is 763 g/mol. The summed E-state index contributed by atoms with van der Waals surface area (Å²) in [5.41, 5.74) is -9.74. The first-order valence-electron chi connectivity index (χ1n) is 17.3. The van der Waals surface area contributed by atoms with E-state index in [1.807, 2.05) is 0 Å². The number of fused-ring (bicyclic) bond motifs is 5. The highest BCUT2D eigenvalue weighted by atomic mass is 16.7. The number of ether oxygens (including phenoxy) is 8. The van der Waals surface area contributed by atoms with Gasteiger partial charge in [-0.15, -0.1) is 0 Å². The molecule has 13 atom stereocenters. The van der Waals surface area contributed by atoms with Gasteiger partial charge in [-0.05, 0) is 31.4 Å². The van der Waals surface area contributed by atoms with E-state index < -0.39 is 132 Å². The molecule has 54 heavy (non-hydrogen) atoms. The van der Waals surface area contributed by atoms with Crippen molar-refractivity contribution < 1.29 is 81.7 Å². The summed E-state index contributed by atoms with van der Waals surface area (Å²) in [6, 6.07) is 1.51. The molecule has 1 saturated heterocycles. The Kier molecular flexibility index (Phi) is 10.6. The van der Waals surface area contributed by atoms with Gasteiger partial charge >= 0.3 is 41.8 Å². The Bertz CT molecular complexity index is 1740. The zero-order valence-corrected chi connectivity index (χ0v) is 31.3. The molecule has 2 aliphatic heterocycles. The van der Waals surface area contributed by atoms with Crippen LogP contribution in [0.5, 0.6) is 0 Å². The van der Waals surface area contributed by atoms with Gasteiger partial charge in [0.1, 0.15) is 48.1 Å². The number of aliphatic hydroxyl groups is 2. The number of hydrogen-bond acceptors (Lipinski definition) is 18. The van der Waals surface area contributed by atoms with E-state index in [1.165, 1.54) is 32.3 Å². The molecule has 4 aliphatic rings. The number of pyridine rings is 1. The van der Waals surface area contributed by atoms with E-state index in [4.69, 9.17) is 37.9 Å². The number of esters is 7. The van der Waals surface area contributed by atoms with Gasteiger partial charge in [-0.2, -0.15) is 0 Å². The number of aliphatic hydroxyl groups excluding tert-OH is 1. The van der Waals surface area contributed by atoms with E-state index in [0.717, 1.165) is 41.5 Å². The van der Waals surface area contributed by atoms with Crippen molar-refractivity contribution in [2.24, 2.45) is 17.3 Å². The van der Waals surface area contributed by atoms with Crippen LogP contribution in [0.3, 0.4) is 0 Å². The molecule has 2 saturated carbocycles. The van der Waals surface area contributed by atoms with Crippen molar-refractivity contribution in [1.82, 2.24) is 4.98 Å². The molecule has 0 aromatic carbocycles. The number of nitrogens with zero attached hydrogens (tertiary/aromatic N) is 1. The summed E-state index contributed by atoms with van der Waals surface area (Å²) in [5, 5.41) is 25.9. The van der Waals surface area contributed by atoms with Crippen LogP contribution in [0.4, 0.5) is 0 Å². The highest BCUT2D eigenvalue weighted by Gasteiger charge is 2.91. The molecule has 18 heteroatoms. The Morgan fingerprint density at radius 3 is 2.00 bits per heavy atom. The predicted molar refractivity (Wildman–Crippen MR) is 176 cm³/mol. The molecule has 1 spiro atoms. The first-order valence-corrected chi connectivity index (χ1v) is 17.3. The Morgan fingerprint density at radius 2 is 1.43 bits per heavy atom. The van der Waals surface area contributed by atoms with E-state index in [2.05, 4.69) is 4.98 Å². The summed E-state index contributed by atoms with van der Waals surface area (Å²) >= 11 is 0. The zero-order chi connectivity index (χ0) is 40.3. The fourth-order valence-electron chi connectivity index (χ4n) is 8.98. The Balaban J connectivity index is 1.95. The summed E-state index contributed by atoms with van der Waals surface area (Å²) in [7, 11) is 0. The minimum Gasteiger partial charge on any atom is -0.465 e. The maximum atomic E-state index is 14.2. The van der Waals surface area contributed by atoms with Gasteiger partial charge in [0.25, 0.3) is 0 Å². The fourth-order valence-corrected chi connectivity index (χ4v) is 8.98. The van der Waals surface area contributed by atoms with Gasteiger partial charge in [0.2, 0.25) is 0 Å². The smallest absolute Gasteiger partial charge is 0.340 e. The average molecular weight is 764 g/mol. The van der Waals surface area contributed by atoms with Gasteiger partial charge in [0.15, 0.2) is 23.9 Å². The number of cyclic esters (lactones) is 1. The topological polar surface area (TPSA) is 247 Å². The van der Waals surface area contributed by atoms with Gasteiger partial charge in [-0.3, -0.25) is 33.8 Å². The van der Waals surface area contributed by atoms with Crippen molar-refractivity contribution in [3.05, 3.63) is 29.6 Å². The molecule has 2 unspecified atom stereocenters. The van der Waals surface area contributed by atoms with Crippen molar-refractivity contribution in [3.63, 3.8) is 0 Å². The largest absolute Gasteiger partial charge is 0.465 e. The van der Waals surface area contributed by atoms with Crippen molar-refractivity contribution >= 4 is 41.8 Å². The molecular weight excluding hydrogens is 718 g/mol. The minimum absolute atomic E-state index is 0.0279. The molecule has 1 aromatic rings. The van der Waals surface area contributed by atoms with Crippen molar-refractivity contribution in [3.8, 4) is 0 Å². The molecular formula is C36H45NO17. The average Bonchev–Trinajstić information content (AvgIpc) is 3.29. The Hall–Kier alpha value is -4.68. The lowest BCUT2D eigenvalue weighted by Crippen LogP contribution is -2.89. The molecule has 0 amide bonds. The third kappa shape index (κ3) is 6.17. The van der Waals surface area contributed by atoms with E-state index in [1.54, 1.807) is 6.92 Å². The quantitative estimate of drug-likeness (QED) is 0.295. The fraction of sp³-hybridized carbons (Fsp3) is 0.667. The van der Waals surface area contributed by atoms with Crippen LogP contribution in [0.1, 0.15) is 84.2 Å². The van der Waals surface area contributed by atoms with Crippen LogP contribution in [0.2, 0.25) is 0 Å². The molecule has 1 aromatic heterocycles. The molecule has 2 N–H and O–H groups in total. The van der Waals surface area contributed by atoms with Crippen LogP contribution in [-0.2, 0) is 66.7 Å². The number of rotatable bonds is 6. The highest BCUT2D eigenvalue weighted by Crippen LogP contribution is 2.69. The van der Waals surface area contributed by atoms with Crippen molar-refractivity contribution in [1.29, 1.82) is 0 Å².